The first-order valence-electron chi connectivity index (χ1n) is 9.08. The third-order valence-corrected chi connectivity index (χ3v) is 5.40. The van der Waals surface area contributed by atoms with Crippen LogP contribution in [0.4, 0.5) is 10.3 Å². The van der Waals surface area contributed by atoms with E-state index < -0.39 is 6.04 Å². The van der Waals surface area contributed by atoms with Crippen LogP contribution in [0, 0.1) is 5.82 Å². The number of nitrogens with one attached hydrogen (secondary N) is 1. The van der Waals surface area contributed by atoms with Crippen LogP contribution in [0.15, 0.2) is 66.1 Å². The van der Waals surface area contributed by atoms with Crippen molar-refractivity contribution < 1.29 is 14.3 Å². The molecule has 1 aliphatic carbocycles. The van der Waals surface area contributed by atoms with Crippen LogP contribution in [0.2, 0.25) is 0 Å². The van der Waals surface area contributed by atoms with Crippen molar-refractivity contribution in [3.05, 3.63) is 83.1 Å². The minimum absolute atomic E-state index is 0.0441. The van der Waals surface area contributed by atoms with Gasteiger partial charge in [0.05, 0.1) is 0 Å². The van der Waals surface area contributed by atoms with Gasteiger partial charge in [0.25, 0.3) is 0 Å². The zero-order valence-corrected chi connectivity index (χ0v) is 14.8. The molecule has 2 N–H and O–H groups in total. The Morgan fingerprint density at radius 2 is 2.00 bits per heavy atom. The first-order valence-corrected chi connectivity index (χ1v) is 9.08. The van der Waals surface area contributed by atoms with Crippen molar-refractivity contribution in [2.24, 2.45) is 0 Å². The van der Waals surface area contributed by atoms with Gasteiger partial charge in [0.15, 0.2) is 5.78 Å². The normalized spacial score (nSPS) is 21.1. The van der Waals surface area contributed by atoms with E-state index in [1.165, 1.54) is 18.5 Å². The summed E-state index contributed by atoms with van der Waals surface area (Å²) in [6, 6.07) is 12.8. The van der Waals surface area contributed by atoms with E-state index in [9.17, 15) is 14.3 Å². The molecule has 3 aromatic rings. The summed E-state index contributed by atoms with van der Waals surface area (Å²) in [6.45, 7) is 0. The summed E-state index contributed by atoms with van der Waals surface area (Å²) in [4.78, 5) is 17.4. The highest BCUT2D eigenvalue weighted by Gasteiger charge is 2.39. The minimum atomic E-state index is -0.526. The fraction of sp³-hybridized carbons (Fsp3) is 0.190. The number of nitrogens with zero attached hydrogens (tertiary/aromatic N) is 3. The van der Waals surface area contributed by atoms with E-state index in [1.54, 1.807) is 28.9 Å². The van der Waals surface area contributed by atoms with Crippen molar-refractivity contribution in [2.75, 3.05) is 5.32 Å². The summed E-state index contributed by atoms with van der Waals surface area (Å²) in [5.74, 6) is 0.152. The quantitative estimate of drug-likeness (QED) is 0.715. The molecule has 2 aliphatic rings. The van der Waals surface area contributed by atoms with Crippen LogP contribution >= 0.6 is 0 Å². The molecular weight excluding hydrogens is 359 g/mol. The number of phenols is 1. The highest BCUT2D eigenvalue weighted by atomic mass is 19.1. The van der Waals surface area contributed by atoms with Crippen LogP contribution in [0.25, 0.3) is 0 Å². The number of benzene rings is 2. The molecule has 2 unspecified atom stereocenters. The van der Waals surface area contributed by atoms with Gasteiger partial charge >= 0.3 is 0 Å². The number of aromatic nitrogens is 3. The lowest BCUT2D eigenvalue weighted by Crippen LogP contribution is -2.33. The summed E-state index contributed by atoms with van der Waals surface area (Å²) in [5, 5.41) is 17.7. The monoisotopic (exact) mass is 376 g/mol. The molecule has 0 radical (unpaired) electrons. The van der Waals surface area contributed by atoms with Gasteiger partial charge in [-0.25, -0.2) is 9.07 Å². The predicted molar refractivity (Wildman–Crippen MR) is 100 cm³/mol. The molecule has 6 nitrogen and oxygen atoms in total. The Morgan fingerprint density at radius 1 is 1.14 bits per heavy atom. The van der Waals surface area contributed by atoms with Gasteiger partial charge in [0.1, 0.15) is 23.9 Å². The predicted octanol–water partition coefficient (Wildman–Crippen LogP) is 3.54. The smallest absolute Gasteiger partial charge is 0.226 e. The standard InChI is InChI=1S/C21H17FN4O2/c22-14-5-3-4-12(8-14)20-19-16(25-21-23-11-24-26(20)21)9-13(10-18(19)28)15-6-1-2-7-17(15)27/h1-8,11,13,20,27H,9-10H2,(H,23,24,25). The van der Waals surface area contributed by atoms with E-state index in [1.807, 2.05) is 12.1 Å². The minimum Gasteiger partial charge on any atom is -0.508 e. The van der Waals surface area contributed by atoms with Crippen molar-refractivity contribution in [1.29, 1.82) is 0 Å². The number of hydrogen-bond donors (Lipinski definition) is 2. The number of para-hydroxylation sites is 1. The third kappa shape index (κ3) is 2.58. The molecular formula is C21H17FN4O2. The van der Waals surface area contributed by atoms with Gasteiger partial charge in [-0.3, -0.25) is 4.79 Å². The second kappa shape index (κ2) is 6.30. The Bertz CT molecular complexity index is 1120. The zero-order chi connectivity index (χ0) is 19.3. The molecule has 140 valence electrons. The lowest BCUT2D eigenvalue weighted by Gasteiger charge is -2.35. The molecule has 5 rings (SSSR count). The highest BCUT2D eigenvalue weighted by Crippen LogP contribution is 2.45. The number of anilines is 1. The Hall–Kier alpha value is -3.48. The number of carbonyl (C=O) groups is 1. The van der Waals surface area contributed by atoms with Crippen molar-refractivity contribution >= 4 is 11.7 Å². The van der Waals surface area contributed by atoms with E-state index in [0.717, 1.165) is 11.3 Å². The molecule has 0 spiro atoms. The molecule has 2 atom stereocenters. The highest BCUT2D eigenvalue weighted by molar-refractivity contribution is 6.00. The summed E-state index contributed by atoms with van der Waals surface area (Å²) in [6.07, 6.45) is 2.24. The van der Waals surface area contributed by atoms with Crippen molar-refractivity contribution in [2.45, 2.75) is 24.8 Å². The van der Waals surface area contributed by atoms with Crippen LogP contribution in [0.3, 0.4) is 0 Å². The van der Waals surface area contributed by atoms with E-state index in [4.69, 9.17) is 0 Å². The average Bonchev–Trinajstić information content (AvgIpc) is 3.14. The summed E-state index contributed by atoms with van der Waals surface area (Å²) >= 11 is 0. The number of hydrogen-bond acceptors (Lipinski definition) is 5. The Morgan fingerprint density at radius 3 is 2.82 bits per heavy atom. The number of ketones is 1. The molecule has 0 fully saturated rings. The fourth-order valence-corrected chi connectivity index (χ4v) is 4.19. The molecule has 2 aromatic carbocycles. The van der Waals surface area contributed by atoms with Crippen LogP contribution in [-0.2, 0) is 4.79 Å². The second-order valence-corrected chi connectivity index (χ2v) is 7.09. The second-order valence-electron chi connectivity index (χ2n) is 7.09. The summed E-state index contributed by atoms with van der Waals surface area (Å²) in [5.41, 5.74) is 2.73. The molecule has 0 saturated carbocycles. The van der Waals surface area contributed by atoms with E-state index in [0.29, 0.717) is 23.5 Å². The van der Waals surface area contributed by atoms with Gasteiger partial charge in [-0.05, 0) is 35.7 Å². The Labute approximate surface area is 160 Å². The first-order chi connectivity index (χ1) is 13.6. The van der Waals surface area contributed by atoms with Crippen molar-refractivity contribution in [3.8, 4) is 5.75 Å². The third-order valence-electron chi connectivity index (χ3n) is 5.40. The molecule has 0 bridgehead atoms. The molecule has 7 heteroatoms. The van der Waals surface area contributed by atoms with Gasteiger partial charge < -0.3 is 10.4 Å². The van der Waals surface area contributed by atoms with Gasteiger partial charge in [-0.1, -0.05) is 30.3 Å². The number of rotatable bonds is 2. The fourth-order valence-electron chi connectivity index (χ4n) is 4.19. The average molecular weight is 376 g/mol. The Kier molecular flexibility index (Phi) is 3.75. The summed E-state index contributed by atoms with van der Waals surface area (Å²) < 4.78 is 15.5. The molecule has 1 aliphatic heterocycles. The molecule has 1 aromatic heterocycles. The number of Topliss-reactive ketones (excluding diaryl/α,β-unsaturated/α-hetero) is 1. The molecule has 28 heavy (non-hydrogen) atoms. The molecule has 0 saturated heterocycles. The number of allylic oxidation sites excluding steroid dienone is 2. The van der Waals surface area contributed by atoms with Gasteiger partial charge in [0.2, 0.25) is 5.95 Å². The van der Waals surface area contributed by atoms with Gasteiger partial charge in [-0.15, -0.1) is 0 Å². The number of phenolic OH excluding ortho intramolecular Hbond substituents is 1. The maximum atomic E-state index is 13.9. The number of fused-ring (bicyclic) bond motifs is 1. The largest absolute Gasteiger partial charge is 0.508 e. The van der Waals surface area contributed by atoms with E-state index in [-0.39, 0.29) is 29.7 Å². The van der Waals surface area contributed by atoms with E-state index in [2.05, 4.69) is 15.4 Å². The maximum Gasteiger partial charge on any atom is 0.226 e. The van der Waals surface area contributed by atoms with Crippen molar-refractivity contribution in [3.63, 3.8) is 0 Å². The van der Waals surface area contributed by atoms with Crippen LogP contribution < -0.4 is 5.32 Å². The van der Waals surface area contributed by atoms with Crippen LogP contribution in [0.1, 0.15) is 35.9 Å². The van der Waals surface area contributed by atoms with Gasteiger partial charge in [-0.2, -0.15) is 10.1 Å². The zero-order valence-electron chi connectivity index (χ0n) is 14.8. The number of halogens is 1. The van der Waals surface area contributed by atoms with Gasteiger partial charge in [0, 0.05) is 23.6 Å². The lowest BCUT2D eigenvalue weighted by molar-refractivity contribution is -0.116. The summed E-state index contributed by atoms with van der Waals surface area (Å²) in [7, 11) is 0. The van der Waals surface area contributed by atoms with Crippen LogP contribution in [0.5, 0.6) is 5.75 Å². The van der Waals surface area contributed by atoms with Crippen molar-refractivity contribution in [1.82, 2.24) is 14.8 Å². The van der Waals surface area contributed by atoms with E-state index >= 15 is 0 Å². The Balaban J connectivity index is 1.62. The maximum absolute atomic E-state index is 13.9. The number of aromatic hydroxyl groups is 1. The SMILES string of the molecule is O=C1CC(c2ccccc2O)CC2=C1C(c1cccc(F)c1)n1ncnc1N2. The topological polar surface area (TPSA) is 80.0 Å². The molecule has 0 amide bonds. The number of carbonyl (C=O) groups excluding carboxylic acids is 1. The lowest BCUT2D eigenvalue weighted by atomic mass is 9.77. The van der Waals surface area contributed by atoms with Crippen LogP contribution in [-0.4, -0.2) is 25.7 Å². The first kappa shape index (κ1) is 16.7. The molecule has 2 heterocycles.